The molecule has 1 amide bonds. The summed E-state index contributed by atoms with van der Waals surface area (Å²) < 4.78 is 1.86. The Morgan fingerprint density at radius 1 is 1.17 bits per heavy atom. The number of amides is 1. The summed E-state index contributed by atoms with van der Waals surface area (Å²) >= 11 is 0. The molecule has 0 atom stereocenters. The van der Waals surface area contributed by atoms with Crippen molar-refractivity contribution in [2.75, 3.05) is 11.9 Å². The van der Waals surface area contributed by atoms with E-state index in [9.17, 15) is 9.90 Å². The highest BCUT2D eigenvalue weighted by atomic mass is 16.3. The first-order valence-corrected chi connectivity index (χ1v) is 10.8. The number of hydrogen-bond acceptors (Lipinski definition) is 5. The number of nitrogens with zero attached hydrogens (tertiary/aromatic N) is 3. The zero-order valence-corrected chi connectivity index (χ0v) is 17.4. The van der Waals surface area contributed by atoms with Gasteiger partial charge in [0.2, 0.25) is 0 Å². The molecule has 2 aromatic heterocycles. The fourth-order valence-electron chi connectivity index (χ4n) is 4.12. The van der Waals surface area contributed by atoms with Crippen molar-refractivity contribution in [1.82, 2.24) is 20.1 Å². The minimum absolute atomic E-state index is 0.134. The van der Waals surface area contributed by atoms with E-state index in [1.807, 2.05) is 29.9 Å². The number of aromatic hydroxyl groups is 1. The lowest BCUT2D eigenvalue weighted by molar-refractivity contribution is 0.0954. The average molecular weight is 408 g/mol. The molecule has 0 saturated heterocycles. The zero-order chi connectivity index (χ0) is 20.9. The molecular weight excluding hydrogens is 378 g/mol. The summed E-state index contributed by atoms with van der Waals surface area (Å²) in [6, 6.07) is 7.42. The number of anilines is 1. The third-order valence-electron chi connectivity index (χ3n) is 5.80. The third-order valence-corrected chi connectivity index (χ3v) is 5.80. The Morgan fingerprint density at radius 3 is 2.67 bits per heavy atom. The molecule has 0 aliphatic heterocycles. The Bertz CT molecular complexity index is 1010. The first-order chi connectivity index (χ1) is 14.7. The van der Waals surface area contributed by atoms with Gasteiger partial charge in [0.05, 0.1) is 22.8 Å². The minimum Gasteiger partial charge on any atom is -0.508 e. The van der Waals surface area contributed by atoms with Gasteiger partial charge in [0.25, 0.3) is 5.91 Å². The lowest BCUT2D eigenvalue weighted by atomic mass is 9.95. The second kappa shape index (κ2) is 9.15. The van der Waals surface area contributed by atoms with Crippen molar-refractivity contribution in [2.24, 2.45) is 0 Å². The van der Waals surface area contributed by atoms with Crippen LogP contribution >= 0.6 is 0 Å². The van der Waals surface area contributed by atoms with Crippen LogP contribution in [0, 0.1) is 0 Å². The second-order valence-corrected chi connectivity index (χ2v) is 7.90. The highest BCUT2D eigenvalue weighted by Crippen LogP contribution is 2.29. The van der Waals surface area contributed by atoms with Crippen molar-refractivity contribution in [3.63, 3.8) is 0 Å². The second-order valence-electron chi connectivity index (χ2n) is 7.90. The smallest absolute Gasteiger partial charge is 0.254 e. The van der Waals surface area contributed by atoms with Crippen molar-refractivity contribution in [3.05, 3.63) is 47.8 Å². The van der Waals surface area contributed by atoms with E-state index in [2.05, 4.69) is 20.7 Å². The van der Waals surface area contributed by atoms with Gasteiger partial charge in [0.1, 0.15) is 5.75 Å². The Hall–Kier alpha value is -3.09. The average Bonchev–Trinajstić information content (AvgIpc) is 3.20. The maximum absolute atomic E-state index is 13.0. The molecule has 30 heavy (non-hydrogen) atoms. The van der Waals surface area contributed by atoms with E-state index in [4.69, 9.17) is 0 Å². The first kappa shape index (κ1) is 20.2. The summed E-state index contributed by atoms with van der Waals surface area (Å²) in [4.78, 5) is 17.5. The topological polar surface area (TPSA) is 92.1 Å². The van der Waals surface area contributed by atoms with Crippen LogP contribution in [-0.4, -0.2) is 38.4 Å². The van der Waals surface area contributed by atoms with E-state index in [1.165, 1.54) is 19.3 Å². The number of pyridine rings is 1. The van der Waals surface area contributed by atoms with Crippen molar-refractivity contribution in [2.45, 2.75) is 58.0 Å². The molecule has 3 N–H and O–H groups in total. The van der Waals surface area contributed by atoms with E-state index in [0.717, 1.165) is 41.7 Å². The number of phenols is 1. The van der Waals surface area contributed by atoms with Crippen LogP contribution in [0.5, 0.6) is 5.75 Å². The van der Waals surface area contributed by atoms with Gasteiger partial charge in [-0.3, -0.25) is 4.79 Å². The summed E-state index contributed by atoms with van der Waals surface area (Å²) in [7, 11) is 0. The van der Waals surface area contributed by atoms with E-state index in [0.29, 0.717) is 24.6 Å². The predicted octanol–water partition coefficient (Wildman–Crippen LogP) is 3.87. The standard InChI is InChI=1S/C23H29N5O2/c1-2-28-22-19(15-26-28)21(27-17-6-4-3-5-7-17)20(14-25-22)23(30)24-13-12-16-8-10-18(29)11-9-16/h8-11,14-15,17,29H,2-7,12-13H2,1H3,(H,24,30)(H,25,27). The number of benzene rings is 1. The first-order valence-electron chi connectivity index (χ1n) is 10.8. The summed E-state index contributed by atoms with van der Waals surface area (Å²) in [6.07, 6.45) is 10.1. The fraction of sp³-hybridized carbons (Fsp3) is 0.435. The Labute approximate surface area is 176 Å². The summed E-state index contributed by atoms with van der Waals surface area (Å²) in [6.45, 7) is 3.28. The van der Waals surface area contributed by atoms with Crippen LogP contribution in [-0.2, 0) is 13.0 Å². The van der Waals surface area contributed by atoms with Crippen LogP contribution in [0.3, 0.4) is 0 Å². The monoisotopic (exact) mass is 407 g/mol. The number of nitrogens with one attached hydrogen (secondary N) is 2. The van der Waals surface area contributed by atoms with Gasteiger partial charge in [0, 0.05) is 25.3 Å². The van der Waals surface area contributed by atoms with Crippen LogP contribution in [0.1, 0.15) is 54.9 Å². The van der Waals surface area contributed by atoms with Crippen molar-refractivity contribution < 1.29 is 9.90 Å². The molecule has 0 spiro atoms. The molecule has 2 heterocycles. The number of carbonyl (C=O) groups is 1. The van der Waals surface area contributed by atoms with Gasteiger partial charge in [0.15, 0.2) is 5.65 Å². The molecule has 1 aliphatic rings. The maximum atomic E-state index is 13.0. The number of phenolic OH excluding ortho intramolecular Hbond substituents is 1. The quantitative estimate of drug-likeness (QED) is 0.553. The molecule has 1 aromatic carbocycles. The fourth-order valence-corrected chi connectivity index (χ4v) is 4.12. The number of carbonyl (C=O) groups excluding carboxylic acids is 1. The number of aromatic nitrogens is 3. The van der Waals surface area contributed by atoms with E-state index < -0.39 is 0 Å². The number of aryl methyl sites for hydroxylation is 1. The Balaban J connectivity index is 1.54. The van der Waals surface area contributed by atoms with Gasteiger partial charge < -0.3 is 15.7 Å². The number of hydrogen-bond donors (Lipinski definition) is 3. The van der Waals surface area contributed by atoms with E-state index in [1.54, 1.807) is 18.3 Å². The SMILES string of the molecule is CCn1ncc2c(NC3CCCCC3)c(C(=O)NCCc3ccc(O)cc3)cnc21. The summed E-state index contributed by atoms with van der Waals surface area (Å²) in [5.41, 5.74) is 3.27. The van der Waals surface area contributed by atoms with Crippen molar-refractivity contribution in [3.8, 4) is 5.75 Å². The normalized spacial score (nSPS) is 14.7. The molecular formula is C23H29N5O2. The lowest BCUT2D eigenvalue weighted by Crippen LogP contribution is -2.29. The van der Waals surface area contributed by atoms with Crippen molar-refractivity contribution >= 4 is 22.6 Å². The minimum atomic E-state index is -0.134. The summed E-state index contributed by atoms with van der Waals surface area (Å²) in [5.74, 6) is 0.110. The molecule has 0 unspecified atom stereocenters. The van der Waals surface area contributed by atoms with Gasteiger partial charge in [-0.15, -0.1) is 0 Å². The summed E-state index contributed by atoms with van der Waals surface area (Å²) in [5, 5.41) is 21.4. The van der Waals surface area contributed by atoms with Crippen molar-refractivity contribution in [1.29, 1.82) is 0 Å². The highest BCUT2D eigenvalue weighted by molar-refractivity contribution is 6.06. The maximum Gasteiger partial charge on any atom is 0.254 e. The van der Waals surface area contributed by atoms with Gasteiger partial charge in [-0.2, -0.15) is 5.10 Å². The molecule has 0 radical (unpaired) electrons. The zero-order valence-electron chi connectivity index (χ0n) is 17.4. The lowest BCUT2D eigenvalue weighted by Gasteiger charge is -2.25. The van der Waals surface area contributed by atoms with Gasteiger partial charge in [-0.25, -0.2) is 9.67 Å². The van der Waals surface area contributed by atoms with E-state index in [-0.39, 0.29) is 11.7 Å². The Morgan fingerprint density at radius 2 is 1.93 bits per heavy atom. The van der Waals surface area contributed by atoms with Gasteiger partial charge >= 0.3 is 0 Å². The molecule has 1 aliphatic carbocycles. The Kier molecular flexibility index (Phi) is 6.16. The molecule has 3 aromatic rings. The van der Waals surface area contributed by atoms with Gasteiger partial charge in [-0.05, 0) is 43.9 Å². The third kappa shape index (κ3) is 4.40. The predicted molar refractivity (Wildman–Crippen MR) is 118 cm³/mol. The van der Waals surface area contributed by atoms with E-state index >= 15 is 0 Å². The molecule has 7 heteroatoms. The number of rotatable bonds is 7. The molecule has 0 bridgehead atoms. The molecule has 1 saturated carbocycles. The van der Waals surface area contributed by atoms with Crippen LogP contribution in [0.2, 0.25) is 0 Å². The molecule has 158 valence electrons. The van der Waals surface area contributed by atoms with Crippen LogP contribution in [0.15, 0.2) is 36.7 Å². The van der Waals surface area contributed by atoms with Gasteiger partial charge in [-0.1, -0.05) is 31.4 Å². The largest absolute Gasteiger partial charge is 0.508 e. The van der Waals surface area contributed by atoms with Crippen LogP contribution < -0.4 is 10.6 Å². The highest BCUT2D eigenvalue weighted by Gasteiger charge is 2.21. The molecule has 1 fully saturated rings. The molecule has 7 nitrogen and oxygen atoms in total. The number of fused-ring (bicyclic) bond motifs is 1. The van der Waals surface area contributed by atoms with Crippen LogP contribution in [0.25, 0.3) is 11.0 Å². The van der Waals surface area contributed by atoms with Crippen LogP contribution in [0.4, 0.5) is 5.69 Å². The molecule has 4 rings (SSSR count).